The second kappa shape index (κ2) is 5.81. The van der Waals surface area contributed by atoms with Crippen molar-refractivity contribution in [2.24, 2.45) is 0 Å². The number of hydrogen-bond acceptors (Lipinski definition) is 4. The van der Waals surface area contributed by atoms with E-state index in [1.54, 1.807) is 24.5 Å². The molecular formula is C10H17N3O2S. The Morgan fingerprint density at radius 1 is 1.31 bits per heavy atom. The highest BCUT2D eigenvalue weighted by atomic mass is 32.2. The van der Waals surface area contributed by atoms with E-state index < -0.39 is 10.0 Å². The summed E-state index contributed by atoms with van der Waals surface area (Å²) < 4.78 is 25.7. The van der Waals surface area contributed by atoms with Crippen molar-refractivity contribution in [3.8, 4) is 0 Å². The topological polar surface area (TPSA) is 71.1 Å². The molecular weight excluding hydrogens is 226 g/mol. The third-order valence-electron chi connectivity index (χ3n) is 1.88. The fourth-order valence-electron chi connectivity index (χ4n) is 1.13. The average molecular weight is 243 g/mol. The maximum atomic E-state index is 11.6. The van der Waals surface area contributed by atoms with Crippen LogP contribution in [0, 0.1) is 0 Å². The van der Waals surface area contributed by atoms with Crippen molar-refractivity contribution in [2.45, 2.75) is 19.9 Å². The normalized spacial score (nSPS) is 11.7. The molecule has 0 aliphatic rings. The maximum absolute atomic E-state index is 11.6. The zero-order valence-electron chi connectivity index (χ0n) is 9.47. The van der Waals surface area contributed by atoms with Crippen LogP contribution in [0.25, 0.3) is 0 Å². The summed E-state index contributed by atoms with van der Waals surface area (Å²) in [7, 11) is -3.27. The summed E-state index contributed by atoms with van der Waals surface area (Å²) in [4.78, 5) is 3.81. The number of pyridine rings is 1. The molecule has 1 rings (SSSR count). The summed E-state index contributed by atoms with van der Waals surface area (Å²) in [6, 6.07) is 3.53. The average Bonchev–Trinajstić information content (AvgIpc) is 2.17. The molecule has 1 aromatic heterocycles. The Morgan fingerprint density at radius 2 is 1.94 bits per heavy atom. The third-order valence-corrected chi connectivity index (χ3v) is 3.17. The highest BCUT2D eigenvalue weighted by Gasteiger charge is 2.09. The second-order valence-electron chi connectivity index (χ2n) is 3.77. The van der Waals surface area contributed by atoms with Crippen molar-refractivity contribution in [3.63, 3.8) is 0 Å². The van der Waals surface area contributed by atoms with Gasteiger partial charge in [-0.05, 0) is 12.1 Å². The summed E-state index contributed by atoms with van der Waals surface area (Å²) in [6.07, 6.45) is 3.09. The van der Waals surface area contributed by atoms with Gasteiger partial charge in [-0.3, -0.25) is 9.71 Å². The molecule has 0 saturated carbocycles. The number of nitrogens with zero attached hydrogens (tertiary/aromatic N) is 1. The summed E-state index contributed by atoms with van der Waals surface area (Å²) in [5.41, 5.74) is 0.541. The monoisotopic (exact) mass is 243 g/mol. The van der Waals surface area contributed by atoms with E-state index >= 15 is 0 Å². The van der Waals surface area contributed by atoms with E-state index in [9.17, 15) is 8.42 Å². The molecule has 0 amide bonds. The maximum Gasteiger partial charge on any atom is 0.233 e. The molecule has 0 aliphatic heterocycles. The van der Waals surface area contributed by atoms with Crippen molar-refractivity contribution in [2.75, 3.05) is 17.0 Å². The van der Waals surface area contributed by atoms with Gasteiger partial charge < -0.3 is 5.32 Å². The van der Waals surface area contributed by atoms with Gasteiger partial charge in [-0.1, -0.05) is 13.8 Å². The van der Waals surface area contributed by atoms with Gasteiger partial charge in [0.05, 0.1) is 11.4 Å². The molecule has 0 fully saturated rings. The molecule has 90 valence electrons. The Bertz CT molecular complexity index is 403. The SMILES string of the molecule is CC(C)NCCS(=O)(=O)Nc1ccncc1. The lowest BCUT2D eigenvalue weighted by Crippen LogP contribution is -2.30. The van der Waals surface area contributed by atoms with E-state index in [-0.39, 0.29) is 11.8 Å². The van der Waals surface area contributed by atoms with Crippen molar-refractivity contribution in [1.82, 2.24) is 10.3 Å². The van der Waals surface area contributed by atoms with E-state index in [4.69, 9.17) is 0 Å². The lowest BCUT2D eigenvalue weighted by molar-refractivity contribution is 0.582. The first-order valence-electron chi connectivity index (χ1n) is 5.13. The number of nitrogens with one attached hydrogen (secondary N) is 2. The Labute approximate surface area is 96.3 Å². The molecule has 0 saturated heterocycles. The number of rotatable bonds is 6. The van der Waals surface area contributed by atoms with Gasteiger partial charge in [0.25, 0.3) is 0 Å². The Morgan fingerprint density at radius 3 is 2.50 bits per heavy atom. The fraction of sp³-hybridized carbons (Fsp3) is 0.500. The third kappa shape index (κ3) is 5.09. The number of aromatic nitrogens is 1. The van der Waals surface area contributed by atoms with E-state index in [0.717, 1.165) is 0 Å². The summed E-state index contributed by atoms with van der Waals surface area (Å²) >= 11 is 0. The Hall–Kier alpha value is -1.14. The zero-order valence-corrected chi connectivity index (χ0v) is 10.3. The van der Waals surface area contributed by atoms with Crippen LogP contribution in [0.15, 0.2) is 24.5 Å². The van der Waals surface area contributed by atoms with E-state index in [1.165, 1.54) is 0 Å². The molecule has 0 aromatic carbocycles. The van der Waals surface area contributed by atoms with Crippen LogP contribution in [-0.2, 0) is 10.0 Å². The minimum Gasteiger partial charge on any atom is -0.313 e. The summed E-state index contributed by atoms with van der Waals surface area (Å²) in [6.45, 7) is 4.39. The van der Waals surface area contributed by atoms with Gasteiger partial charge in [-0.2, -0.15) is 0 Å². The molecule has 0 radical (unpaired) electrons. The zero-order chi connectivity index (χ0) is 12.0. The number of hydrogen-bond donors (Lipinski definition) is 2. The fourth-order valence-corrected chi connectivity index (χ4v) is 2.12. The predicted octanol–water partition coefficient (Wildman–Crippen LogP) is 0.821. The molecule has 1 heterocycles. The molecule has 2 N–H and O–H groups in total. The van der Waals surface area contributed by atoms with Crippen LogP contribution < -0.4 is 10.0 Å². The highest BCUT2D eigenvalue weighted by Crippen LogP contribution is 2.06. The first-order valence-corrected chi connectivity index (χ1v) is 6.79. The van der Waals surface area contributed by atoms with Crippen LogP contribution in [-0.4, -0.2) is 31.7 Å². The molecule has 0 unspecified atom stereocenters. The lowest BCUT2D eigenvalue weighted by atomic mass is 10.4. The van der Waals surface area contributed by atoms with Crippen LogP contribution in [0.3, 0.4) is 0 Å². The standard InChI is InChI=1S/C10H17N3O2S/c1-9(2)12-7-8-16(14,15)13-10-3-5-11-6-4-10/h3-6,9,12H,7-8H2,1-2H3,(H,11,13). The van der Waals surface area contributed by atoms with Gasteiger partial charge in [0.2, 0.25) is 10.0 Å². The summed E-state index contributed by atoms with van der Waals surface area (Å²) in [5.74, 6) is 0.0630. The predicted molar refractivity (Wildman–Crippen MR) is 64.8 cm³/mol. The first kappa shape index (κ1) is 12.9. The van der Waals surface area contributed by atoms with Crippen LogP contribution in [0.4, 0.5) is 5.69 Å². The van der Waals surface area contributed by atoms with Crippen molar-refractivity contribution >= 4 is 15.7 Å². The lowest BCUT2D eigenvalue weighted by Gasteiger charge is -2.10. The van der Waals surface area contributed by atoms with E-state index in [2.05, 4.69) is 15.0 Å². The number of anilines is 1. The molecule has 6 heteroatoms. The van der Waals surface area contributed by atoms with Crippen LogP contribution >= 0.6 is 0 Å². The molecule has 0 bridgehead atoms. The van der Waals surface area contributed by atoms with Gasteiger partial charge >= 0.3 is 0 Å². The minimum absolute atomic E-state index is 0.0630. The van der Waals surface area contributed by atoms with Gasteiger partial charge in [0.15, 0.2) is 0 Å². The minimum atomic E-state index is -3.27. The van der Waals surface area contributed by atoms with Crippen LogP contribution in [0.1, 0.15) is 13.8 Å². The van der Waals surface area contributed by atoms with Gasteiger partial charge in [0, 0.05) is 25.0 Å². The molecule has 5 nitrogen and oxygen atoms in total. The van der Waals surface area contributed by atoms with Crippen molar-refractivity contribution in [1.29, 1.82) is 0 Å². The van der Waals surface area contributed by atoms with E-state index in [1.807, 2.05) is 13.8 Å². The van der Waals surface area contributed by atoms with Gasteiger partial charge in [-0.15, -0.1) is 0 Å². The molecule has 1 aromatic rings. The highest BCUT2D eigenvalue weighted by molar-refractivity contribution is 7.92. The second-order valence-corrected chi connectivity index (χ2v) is 5.61. The van der Waals surface area contributed by atoms with Gasteiger partial charge in [0.1, 0.15) is 0 Å². The Balaban J connectivity index is 2.46. The summed E-state index contributed by atoms with van der Waals surface area (Å²) in [5, 5.41) is 3.06. The first-order chi connectivity index (χ1) is 7.49. The van der Waals surface area contributed by atoms with E-state index in [0.29, 0.717) is 12.2 Å². The molecule has 16 heavy (non-hydrogen) atoms. The molecule has 0 aliphatic carbocycles. The van der Waals surface area contributed by atoms with Crippen molar-refractivity contribution < 1.29 is 8.42 Å². The van der Waals surface area contributed by atoms with Crippen molar-refractivity contribution in [3.05, 3.63) is 24.5 Å². The largest absolute Gasteiger partial charge is 0.313 e. The Kier molecular flexibility index (Phi) is 4.70. The quantitative estimate of drug-likeness (QED) is 0.776. The van der Waals surface area contributed by atoms with Gasteiger partial charge in [-0.25, -0.2) is 8.42 Å². The smallest absolute Gasteiger partial charge is 0.233 e. The number of sulfonamides is 1. The molecule has 0 spiro atoms. The van der Waals surface area contributed by atoms with Crippen LogP contribution in [0.5, 0.6) is 0 Å². The van der Waals surface area contributed by atoms with Crippen LogP contribution in [0.2, 0.25) is 0 Å². The molecule has 0 atom stereocenters.